The molecule has 1 aliphatic rings. The van der Waals surface area contributed by atoms with Crippen molar-refractivity contribution in [1.82, 2.24) is 0 Å². The van der Waals surface area contributed by atoms with E-state index in [1.807, 2.05) is 0 Å². The van der Waals surface area contributed by atoms with Gasteiger partial charge < -0.3 is 4.74 Å². The second-order valence-electron chi connectivity index (χ2n) is 4.29. The number of carbonyl (C=O) groups is 1. The summed E-state index contributed by atoms with van der Waals surface area (Å²) in [5, 5.41) is 0.414. The van der Waals surface area contributed by atoms with E-state index >= 15 is 0 Å². The van der Waals surface area contributed by atoms with Gasteiger partial charge in [0, 0.05) is 23.0 Å². The van der Waals surface area contributed by atoms with Crippen LogP contribution in [0.3, 0.4) is 0 Å². The number of benzene rings is 1. The predicted octanol–water partition coefficient (Wildman–Crippen LogP) is 2.45. The highest BCUT2D eigenvalue weighted by Crippen LogP contribution is 2.17. The molecule has 2 rings (SSSR count). The smallest absolute Gasteiger partial charge is 0.176 e. The van der Waals surface area contributed by atoms with Gasteiger partial charge in [0.25, 0.3) is 0 Å². The Hall–Kier alpha value is -0.710. The number of Topliss-reactive ketones (excluding diaryl/α,β-unsaturated/α-hetero) is 1. The molecule has 1 aromatic rings. The molecule has 0 amide bonds. The molecule has 18 heavy (non-hydrogen) atoms. The lowest BCUT2D eigenvalue weighted by Crippen LogP contribution is -2.21. The minimum absolute atomic E-state index is 0.0175. The summed E-state index contributed by atoms with van der Waals surface area (Å²) in [5.41, 5.74) is 0.444. The van der Waals surface area contributed by atoms with Gasteiger partial charge in [0.05, 0.1) is 22.6 Å². The molecule has 98 valence electrons. The van der Waals surface area contributed by atoms with Crippen molar-refractivity contribution >= 4 is 28.2 Å². The normalized spacial score (nSPS) is 20.8. The molecule has 0 bridgehead atoms. The molecule has 2 unspecified atom stereocenters. The lowest BCUT2D eigenvalue weighted by molar-refractivity contribution is 0.102. The van der Waals surface area contributed by atoms with Crippen LogP contribution in [0, 0.1) is 0 Å². The first kappa shape index (κ1) is 13.7. The SMILES string of the molecule is O=C(CS(=O)CC1CCCO1)c1ccccc1Cl. The molecule has 0 aliphatic carbocycles. The summed E-state index contributed by atoms with van der Waals surface area (Å²) in [5.74, 6) is 0.289. The molecule has 0 saturated carbocycles. The Morgan fingerprint density at radius 3 is 2.89 bits per heavy atom. The number of hydrogen-bond donors (Lipinski definition) is 0. The number of hydrogen-bond acceptors (Lipinski definition) is 3. The maximum atomic E-state index is 11.9. The number of carbonyl (C=O) groups excluding carboxylic acids is 1. The van der Waals surface area contributed by atoms with Crippen LogP contribution in [0.4, 0.5) is 0 Å². The van der Waals surface area contributed by atoms with Crippen LogP contribution in [-0.4, -0.2) is 34.2 Å². The van der Waals surface area contributed by atoms with Gasteiger partial charge in [0.15, 0.2) is 5.78 Å². The van der Waals surface area contributed by atoms with Gasteiger partial charge in [-0.2, -0.15) is 0 Å². The van der Waals surface area contributed by atoms with E-state index in [1.165, 1.54) is 0 Å². The molecule has 1 heterocycles. The highest BCUT2D eigenvalue weighted by molar-refractivity contribution is 7.85. The third kappa shape index (κ3) is 3.64. The molecule has 0 N–H and O–H groups in total. The Morgan fingerprint density at radius 1 is 1.44 bits per heavy atom. The third-order valence-corrected chi connectivity index (χ3v) is 4.52. The second kappa shape index (κ2) is 6.45. The summed E-state index contributed by atoms with van der Waals surface area (Å²) in [6.07, 6.45) is 2.00. The molecule has 0 radical (unpaired) electrons. The molecule has 5 heteroatoms. The van der Waals surface area contributed by atoms with E-state index < -0.39 is 10.8 Å². The van der Waals surface area contributed by atoms with Gasteiger partial charge in [-0.05, 0) is 25.0 Å². The first-order valence-electron chi connectivity index (χ1n) is 5.91. The van der Waals surface area contributed by atoms with E-state index in [9.17, 15) is 9.00 Å². The zero-order valence-corrected chi connectivity index (χ0v) is 11.5. The average molecular weight is 287 g/mol. The van der Waals surface area contributed by atoms with Gasteiger partial charge in [0.1, 0.15) is 0 Å². The topological polar surface area (TPSA) is 43.4 Å². The summed E-state index contributed by atoms with van der Waals surface area (Å²) >= 11 is 5.93. The molecule has 0 aromatic heterocycles. The summed E-state index contributed by atoms with van der Waals surface area (Å²) < 4.78 is 17.3. The molecule has 3 nitrogen and oxygen atoms in total. The van der Waals surface area contributed by atoms with Gasteiger partial charge in [-0.25, -0.2) is 0 Å². The minimum Gasteiger partial charge on any atom is -0.377 e. The fourth-order valence-corrected chi connectivity index (χ4v) is 3.44. The Balaban J connectivity index is 1.91. The largest absolute Gasteiger partial charge is 0.377 e. The average Bonchev–Trinajstić information content (AvgIpc) is 2.82. The van der Waals surface area contributed by atoms with Crippen molar-refractivity contribution in [2.45, 2.75) is 18.9 Å². The van der Waals surface area contributed by atoms with Gasteiger partial charge >= 0.3 is 0 Å². The number of ether oxygens (including phenoxy) is 1. The molecular formula is C13H15ClO3S. The Kier molecular flexibility index (Phi) is 4.92. The quantitative estimate of drug-likeness (QED) is 0.781. The van der Waals surface area contributed by atoms with Crippen molar-refractivity contribution in [3.05, 3.63) is 34.9 Å². The minimum atomic E-state index is -1.18. The molecule has 1 saturated heterocycles. The zero-order chi connectivity index (χ0) is 13.0. The molecular weight excluding hydrogens is 272 g/mol. The maximum absolute atomic E-state index is 11.9. The number of halogens is 1. The van der Waals surface area contributed by atoms with Crippen LogP contribution >= 0.6 is 11.6 Å². The number of ketones is 1. The highest BCUT2D eigenvalue weighted by Gasteiger charge is 2.20. The monoisotopic (exact) mass is 286 g/mol. The fourth-order valence-electron chi connectivity index (χ4n) is 1.95. The van der Waals surface area contributed by atoms with Crippen molar-refractivity contribution in [1.29, 1.82) is 0 Å². The van der Waals surface area contributed by atoms with Crippen LogP contribution < -0.4 is 0 Å². The lowest BCUT2D eigenvalue weighted by Gasteiger charge is -2.08. The van der Waals surface area contributed by atoms with E-state index in [0.29, 0.717) is 16.3 Å². The summed E-state index contributed by atoms with van der Waals surface area (Å²) in [6, 6.07) is 6.84. The molecule has 2 atom stereocenters. The highest BCUT2D eigenvalue weighted by atomic mass is 35.5. The van der Waals surface area contributed by atoms with E-state index in [4.69, 9.17) is 16.3 Å². The van der Waals surface area contributed by atoms with Gasteiger partial charge in [-0.1, -0.05) is 23.7 Å². The van der Waals surface area contributed by atoms with Crippen molar-refractivity contribution < 1.29 is 13.7 Å². The van der Waals surface area contributed by atoms with Crippen LogP contribution in [0.2, 0.25) is 5.02 Å². The van der Waals surface area contributed by atoms with E-state index in [1.54, 1.807) is 24.3 Å². The molecule has 1 fully saturated rings. The predicted molar refractivity (Wildman–Crippen MR) is 72.6 cm³/mol. The van der Waals surface area contributed by atoms with E-state index in [-0.39, 0.29) is 17.6 Å². The van der Waals surface area contributed by atoms with Crippen LogP contribution in [0.5, 0.6) is 0 Å². The third-order valence-electron chi connectivity index (χ3n) is 2.86. The lowest BCUT2D eigenvalue weighted by atomic mass is 10.1. The summed E-state index contributed by atoms with van der Waals surface area (Å²) in [7, 11) is -1.18. The van der Waals surface area contributed by atoms with Gasteiger partial charge in [-0.15, -0.1) is 0 Å². The van der Waals surface area contributed by atoms with E-state index in [0.717, 1.165) is 19.4 Å². The van der Waals surface area contributed by atoms with Crippen LogP contribution in [0.15, 0.2) is 24.3 Å². The summed E-state index contributed by atoms with van der Waals surface area (Å²) in [6.45, 7) is 0.736. The van der Waals surface area contributed by atoms with Gasteiger partial charge in [-0.3, -0.25) is 9.00 Å². The van der Waals surface area contributed by atoms with Crippen molar-refractivity contribution in [3.63, 3.8) is 0 Å². The molecule has 0 spiro atoms. The van der Waals surface area contributed by atoms with E-state index in [2.05, 4.69) is 0 Å². The second-order valence-corrected chi connectivity index (χ2v) is 6.20. The molecule has 1 aliphatic heterocycles. The first-order valence-corrected chi connectivity index (χ1v) is 7.77. The standard InChI is InChI=1S/C13H15ClO3S/c14-12-6-2-1-5-11(12)13(15)9-18(16)8-10-4-3-7-17-10/h1-2,5-6,10H,3-4,7-9H2. The first-order chi connectivity index (χ1) is 8.66. The van der Waals surface area contributed by atoms with Crippen LogP contribution in [0.25, 0.3) is 0 Å². The Bertz CT molecular complexity index is 455. The Labute approximate surface area is 114 Å². The van der Waals surface area contributed by atoms with Crippen molar-refractivity contribution in [3.8, 4) is 0 Å². The Morgan fingerprint density at radius 2 is 2.22 bits per heavy atom. The van der Waals surface area contributed by atoms with Crippen molar-refractivity contribution in [2.75, 3.05) is 18.1 Å². The fraction of sp³-hybridized carbons (Fsp3) is 0.462. The van der Waals surface area contributed by atoms with Gasteiger partial charge in [0.2, 0.25) is 0 Å². The summed E-state index contributed by atoms with van der Waals surface area (Å²) in [4.78, 5) is 11.9. The van der Waals surface area contributed by atoms with Crippen LogP contribution in [0.1, 0.15) is 23.2 Å². The van der Waals surface area contributed by atoms with Crippen molar-refractivity contribution in [2.24, 2.45) is 0 Å². The molecule has 1 aromatic carbocycles. The maximum Gasteiger partial charge on any atom is 0.176 e. The zero-order valence-electron chi connectivity index (χ0n) is 9.93. The van der Waals surface area contributed by atoms with Crippen LogP contribution in [-0.2, 0) is 15.5 Å². The number of rotatable bonds is 5.